The monoisotopic (exact) mass is 230 g/mol. The zero-order chi connectivity index (χ0) is 11.9. The van der Waals surface area contributed by atoms with Gasteiger partial charge in [-0.3, -0.25) is 0 Å². The van der Waals surface area contributed by atoms with Crippen LogP contribution in [0.25, 0.3) is 11.3 Å². The number of aliphatic hydroxyl groups is 1. The Kier molecular flexibility index (Phi) is 2.19. The van der Waals surface area contributed by atoms with Crippen LogP contribution in [0.1, 0.15) is 18.4 Å². The zero-order valence-corrected chi connectivity index (χ0v) is 9.60. The molecule has 1 heterocycles. The van der Waals surface area contributed by atoms with Gasteiger partial charge in [-0.15, -0.1) is 0 Å². The van der Waals surface area contributed by atoms with Gasteiger partial charge in [-0.25, -0.2) is 4.98 Å². The molecular formula is C13H14N2O2. The standard InChI is InChI=1S/C13H14N2O2/c1-14-12-15-8-11(17-12)9-3-2-4-10(7-9)13(16)5-6-13/h2-4,7-8,16H,5-6H2,1H3,(H,14,15). The van der Waals surface area contributed by atoms with Crippen LogP contribution in [-0.2, 0) is 5.60 Å². The molecule has 1 aromatic carbocycles. The Bertz CT molecular complexity index is 544. The number of benzene rings is 1. The molecule has 0 saturated heterocycles. The predicted molar refractivity (Wildman–Crippen MR) is 64.6 cm³/mol. The van der Waals surface area contributed by atoms with Gasteiger partial charge in [-0.1, -0.05) is 18.2 Å². The lowest BCUT2D eigenvalue weighted by molar-refractivity contribution is 0.151. The fourth-order valence-corrected chi connectivity index (χ4v) is 1.89. The van der Waals surface area contributed by atoms with Crippen molar-refractivity contribution in [3.8, 4) is 11.3 Å². The maximum atomic E-state index is 10.1. The van der Waals surface area contributed by atoms with Crippen molar-refractivity contribution < 1.29 is 9.52 Å². The topological polar surface area (TPSA) is 58.3 Å². The van der Waals surface area contributed by atoms with Crippen molar-refractivity contribution in [1.29, 1.82) is 0 Å². The summed E-state index contributed by atoms with van der Waals surface area (Å²) in [6, 6.07) is 8.30. The number of rotatable bonds is 3. The molecule has 2 aromatic rings. The molecule has 88 valence electrons. The Morgan fingerprint density at radius 1 is 1.41 bits per heavy atom. The molecule has 4 heteroatoms. The maximum Gasteiger partial charge on any atom is 0.294 e. The number of aromatic nitrogens is 1. The summed E-state index contributed by atoms with van der Waals surface area (Å²) in [5.74, 6) is 0.709. The molecule has 0 radical (unpaired) electrons. The fourth-order valence-electron chi connectivity index (χ4n) is 1.89. The van der Waals surface area contributed by atoms with Crippen LogP contribution in [0.4, 0.5) is 6.01 Å². The van der Waals surface area contributed by atoms with Crippen LogP contribution in [0.5, 0.6) is 0 Å². The van der Waals surface area contributed by atoms with Crippen LogP contribution in [0.15, 0.2) is 34.9 Å². The lowest BCUT2D eigenvalue weighted by Crippen LogP contribution is -2.03. The van der Waals surface area contributed by atoms with Crippen molar-refractivity contribution in [3.05, 3.63) is 36.0 Å². The normalized spacial score (nSPS) is 16.8. The Morgan fingerprint density at radius 2 is 2.24 bits per heavy atom. The molecule has 0 unspecified atom stereocenters. The lowest BCUT2D eigenvalue weighted by atomic mass is 10.0. The quantitative estimate of drug-likeness (QED) is 0.849. The molecule has 0 aliphatic heterocycles. The van der Waals surface area contributed by atoms with E-state index in [0.717, 1.165) is 24.0 Å². The van der Waals surface area contributed by atoms with Gasteiger partial charge < -0.3 is 14.8 Å². The van der Waals surface area contributed by atoms with E-state index in [4.69, 9.17) is 4.42 Å². The summed E-state index contributed by atoms with van der Waals surface area (Å²) in [6.07, 6.45) is 3.37. The summed E-state index contributed by atoms with van der Waals surface area (Å²) < 4.78 is 5.50. The van der Waals surface area contributed by atoms with E-state index in [1.165, 1.54) is 0 Å². The summed E-state index contributed by atoms with van der Waals surface area (Å²) in [5, 5.41) is 12.9. The molecule has 1 aliphatic rings. The Labute approximate surface area is 99.3 Å². The molecule has 0 spiro atoms. The Balaban J connectivity index is 1.97. The van der Waals surface area contributed by atoms with Gasteiger partial charge in [0.25, 0.3) is 6.01 Å². The van der Waals surface area contributed by atoms with E-state index in [2.05, 4.69) is 10.3 Å². The molecular weight excluding hydrogens is 216 g/mol. The third-order valence-electron chi connectivity index (χ3n) is 3.13. The molecule has 3 rings (SSSR count). The summed E-state index contributed by atoms with van der Waals surface area (Å²) in [6.45, 7) is 0. The highest BCUT2D eigenvalue weighted by molar-refractivity contribution is 5.59. The van der Waals surface area contributed by atoms with Crippen molar-refractivity contribution in [1.82, 2.24) is 4.98 Å². The first-order valence-corrected chi connectivity index (χ1v) is 5.68. The van der Waals surface area contributed by atoms with Crippen LogP contribution in [0.2, 0.25) is 0 Å². The van der Waals surface area contributed by atoms with Crippen molar-refractivity contribution in [3.63, 3.8) is 0 Å². The highest BCUT2D eigenvalue weighted by Gasteiger charge is 2.42. The zero-order valence-electron chi connectivity index (χ0n) is 9.60. The molecule has 1 aliphatic carbocycles. The maximum absolute atomic E-state index is 10.1. The molecule has 17 heavy (non-hydrogen) atoms. The minimum absolute atomic E-state index is 0.496. The summed E-state index contributed by atoms with van der Waals surface area (Å²) in [5.41, 5.74) is 1.29. The lowest BCUT2D eigenvalue weighted by Gasteiger charge is -2.08. The molecule has 0 bridgehead atoms. The van der Waals surface area contributed by atoms with Crippen LogP contribution in [0, 0.1) is 0 Å². The highest BCUT2D eigenvalue weighted by Crippen LogP contribution is 2.45. The van der Waals surface area contributed by atoms with E-state index in [1.807, 2.05) is 24.3 Å². The number of nitrogens with one attached hydrogen (secondary N) is 1. The predicted octanol–water partition coefficient (Wildman–Crippen LogP) is 2.36. The minimum Gasteiger partial charge on any atom is -0.424 e. The van der Waals surface area contributed by atoms with Gasteiger partial charge in [0, 0.05) is 12.6 Å². The van der Waals surface area contributed by atoms with Crippen LogP contribution >= 0.6 is 0 Å². The smallest absolute Gasteiger partial charge is 0.294 e. The molecule has 1 saturated carbocycles. The van der Waals surface area contributed by atoms with Crippen LogP contribution in [0.3, 0.4) is 0 Å². The number of anilines is 1. The average molecular weight is 230 g/mol. The van der Waals surface area contributed by atoms with Gasteiger partial charge in [0.1, 0.15) is 0 Å². The number of hydrogen-bond acceptors (Lipinski definition) is 4. The number of oxazole rings is 1. The van der Waals surface area contributed by atoms with Gasteiger partial charge in [-0.05, 0) is 24.5 Å². The SMILES string of the molecule is CNc1ncc(-c2cccc(C3(O)CC3)c2)o1. The van der Waals surface area contributed by atoms with Crippen molar-refractivity contribution >= 4 is 6.01 Å². The summed E-state index contributed by atoms with van der Waals surface area (Å²) in [4.78, 5) is 4.08. The second kappa shape index (κ2) is 3.60. The number of hydrogen-bond donors (Lipinski definition) is 2. The van der Waals surface area contributed by atoms with E-state index < -0.39 is 5.60 Å². The van der Waals surface area contributed by atoms with E-state index in [0.29, 0.717) is 11.8 Å². The third-order valence-corrected chi connectivity index (χ3v) is 3.13. The summed E-state index contributed by atoms with van der Waals surface area (Å²) in [7, 11) is 1.76. The van der Waals surface area contributed by atoms with Gasteiger partial charge in [0.2, 0.25) is 0 Å². The Hall–Kier alpha value is -1.81. The van der Waals surface area contributed by atoms with Gasteiger partial charge in [-0.2, -0.15) is 0 Å². The average Bonchev–Trinajstić information content (AvgIpc) is 2.95. The van der Waals surface area contributed by atoms with Crippen molar-refractivity contribution in [2.45, 2.75) is 18.4 Å². The molecule has 0 amide bonds. The van der Waals surface area contributed by atoms with Crippen LogP contribution in [-0.4, -0.2) is 17.1 Å². The Morgan fingerprint density at radius 3 is 2.88 bits per heavy atom. The highest BCUT2D eigenvalue weighted by atomic mass is 16.4. The van der Waals surface area contributed by atoms with Crippen LogP contribution < -0.4 is 5.32 Å². The van der Waals surface area contributed by atoms with E-state index in [-0.39, 0.29) is 0 Å². The molecule has 4 nitrogen and oxygen atoms in total. The van der Waals surface area contributed by atoms with E-state index in [9.17, 15) is 5.11 Å². The number of nitrogens with zero attached hydrogens (tertiary/aromatic N) is 1. The minimum atomic E-state index is -0.609. The molecule has 0 atom stereocenters. The molecule has 2 N–H and O–H groups in total. The summed E-state index contributed by atoms with van der Waals surface area (Å²) >= 11 is 0. The van der Waals surface area contributed by atoms with Crippen molar-refractivity contribution in [2.24, 2.45) is 0 Å². The largest absolute Gasteiger partial charge is 0.424 e. The molecule has 1 aromatic heterocycles. The fraction of sp³-hybridized carbons (Fsp3) is 0.308. The molecule has 1 fully saturated rings. The van der Waals surface area contributed by atoms with E-state index in [1.54, 1.807) is 13.2 Å². The van der Waals surface area contributed by atoms with Crippen molar-refractivity contribution in [2.75, 3.05) is 12.4 Å². The second-order valence-electron chi connectivity index (χ2n) is 4.39. The van der Waals surface area contributed by atoms with Gasteiger partial charge in [0.15, 0.2) is 5.76 Å². The first kappa shape index (κ1) is 10.4. The van der Waals surface area contributed by atoms with E-state index >= 15 is 0 Å². The van der Waals surface area contributed by atoms with Gasteiger partial charge in [0.05, 0.1) is 11.8 Å². The third kappa shape index (κ3) is 1.80. The second-order valence-corrected chi connectivity index (χ2v) is 4.39. The first-order valence-electron chi connectivity index (χ1n) is 5.68. The first-order chi connectivity index (χ1) is 8.21. The van der Waals surface area contributed by atoms with Gasteiger partial charge >= 0.3 is 0 Å².